The van der Waals surface area contributed by atoms with Crippen molar-refractivity contribution in [2.24, 2.45) is 10.9 Å². The Bertz CT molecular complexity index is 1080. The molecule has 32 heavy (non-hydrogen) atoms. The lowest BCUT2D eigenvalue weighted by Crippen LogP contribution is -2.47. The summed E-state index contributed by atoms with van der Waals surface area (Å²) >= 11 is 0. The van der Waals surface area contributed by atoms with Gasteiger partial charge in [0.2, 0.25) is 6.17 Å². The molecule has 1 atom stereocenters. The number of anilines is 2. The first-order valence-corrected chi connectivity index (χ1v) is 10.8. The summed E-state index contributed by atoms with van der Waals surface area (Å²) in [5.41, 5.74) is 2.93. The van der Waals surface area contributed by atoms with Gasteiger partial charge in [0.05, 0.1) is 17.0 Å². The van der Waals surface area contributed by atoms with E-state index in [0.717, 1.165) is 42.6 Å². The molecule has 1 heterocycles. The van der Waals surface area contributed by atoms with Crippen LogP contribution < -0.4 is 15.5 Å². The minimum Gasteiger partial charge on any atom is -0.478 e. The first-order chi connectivity index (χ1) is 15.4. The van der Waals surface area contributed by atoms with Crippen molar-refractivity contribution in [2.75, 3.05) is 17.3 Å². The van der Waals surface area contributed by atoms with E-state index in [1.165, 1.54) is 23.5 Å². The molecule has 3 amide bonds. The zero-order chi connectivity index (χ0) is 22.7. The lowest BCUT2D eigenvalue weighted by molar-refractivity contribution is -0.119. The number of para-hydroxylation sites is 1. The number of carbonyl (C=O) groups is 3. The van der Waals surface area contributed by atoms with E-state index in [1.54, 1.807) is 19.2 Å². The molecule has 166 valence electrons. The van der Waals surface area contributed by atoms with E-state index in [1.807, 2.05) is 24.3 Å². The summed E-state index contributed by atoms with van der Waals surface area (Å²) in [6.07, 6.45) is 4.37. The number of hydrogen-bond donors (Lipinski definition) is 3. The van der Waals surface area contributed by atoms with E-state index in [-0.39, 0.29) is 17.4 Å². The second-order valence-electron chi connectivity index (χ2n) is 8.15. The standard InChI is InChI=1S/C24H26N4O4/c1-28-19-13-6-5-12-18(19)20(15-8-3-2-4-9-15)26-21(22(28)29)27-24(32)25-17-11-7-10-16(14-17)23(30)31/h5-7,10-15,21H,2-4,8-9H2,1H3,(H,30,31)(H2,25,27,32)/t21-/m0/s1. The molecule has 0 spiro atoms. The number of carbonyl (C=O) groups excluding carboxylic acids is 2. The van der Waals surface area contributed by atoms with Crippen molar-refractivity contribution in [3.8, 4) is 0 Å². The first kappa shape index (κ1) is 21.5. The summed E-state index contributed by atoms with van der Waals surface area (Å²) in [4.78, 5) is 43.3. The number of nitrogens with one attached hydrogen (secondary N) is 2. The zero-order valence-corrected chi connectivity index (χ0v) is 17.9. The van der Waals surface area contributed by atoms with Gasteiger partial charge < -0.3 is 20.6 Å². The van der Waals surface area contributed by atoms with Crippen LogP contribution in [0.4, 0.5) is 16.2 Å². The maximum Gasteiger partial charge on any atom is 0.335 e. The average Bonchev–Trinajstić information content (AvgIpc) is 2.90. The Morgan fingerprint density at radius 1 is 1.06 bits per heavy atom. The third kappa shape index (κ3) is 4.49. The van der Waals surface area contributed by atoms with Crippen molar-refractivity contribution in [2.45, 2.75) is 38.3 Å². The van der Waals surface area contributed by atoms with Gasteiger partial charge in [-0.25, -0.2) is 9.59 Å². The van der Waals surface area contributed by atoms with Gasteiger partial charge in [-0.05, 0) is 37.1 Å². The van der Waals surface area contributed by atoms with E-state index >= 15 is 0 Å². The maximum absolute atomic E-state index is 13.2. The fraction of sp³-hybridized carbons (Fsp3) is 0.333. The number of hydrogen-bond acceptors (Lipinski definition) is 4. The molecule has 0 aromatic heterocycles. The summed E-state index contributed by atoms with van der Waals surface area (Å²) < 4.78 is 0. The normalized spacial score (nSPS) is 18.9. The Morgan fingerprint density at radius 2 is 1.81 bits per heavy atom. The fourth-order valence-electron chi connectivity index (χ4n) is 4.37. The van der Waals surface area contributed by atoms with Crippen LogP contribution in [0.25, 0.3) is 0 Å². The molecule has 8 nitrogen and oxygen atoms in total. The average molecular weight is 434 g/mol. The van der Waals surface area contributed by atoms with Crippen LogP contribution in [-0.4, -0.2) is 41.9 Å². The summed E-state index contributed by atoms with van der Waals surface area (Å²) in [5, 5.41) is 14.4. The van der Waals surface area contributed by atoms with Crippen molar-refractivity contribution < 1.29 is 19.5 Å². The highest BCUT2D eigenvalue weighted by Gasteiger charge is 2.33. The van der Waals surface area contributed by atoms with E-state index in [4.69, 9.17) is 10.1 Å². The monoisotopic (exact) mass is 434 g/mol. The van der Waals surface area contributed by atoms with Gasteiger partial charge in [0.1, 0.15) is 0 Å². The van der Waals surface area contributed by atoms with Gasteiger partial charge in [-0.15, -0.1) is 0 Å². The lowest BCUT2D eigenvalue weighted by Gasteiger charge is -2.25. The Hall–Kier alpha value is -3.68. The minimum atomic E-state index is -1.09. The molecule has 1 fully saturated rings. The van der Waals surface area contributed by atoms with Crippen molar-refractivity contribution in [3.05, 3.63) is 59.7 Å². The number of carboxylic acids is 1. The molecule has 0 bridgehead atoms. The number of nitrogens with zero attached hydrogens (tertiary/aromatic N) is 2. The SMILES string of the molecule is CN1C(=O)[C@H](NC(=O)Nc2cccc(C(=O)O)c2)N=C(C2CCCCC2)c2ccccc21. The molecule has 3 N–H and O–H groups in total. The van der Waals surface area contributed by atoms with Gasteiger partial charge in [-0.2, -0.15) is 0 Å². The highest BCUT2D eigenvalue weighted by Crippen LogP contribution is 2.33. The number of amides is 3. The van der Waals surface area contributed by atoms with Crippen molar-refractivity contribution in [1.82, 2.24) is 5.32 Å². The summed E-state index contributed by atoms with van der Waals surface area (Å²) in [5.74, 6) is -1.18. The third-order valence-electron chi connectivity index (χ3n) is 6.00. The second-order valence-corrected chi connectivity index (χ2v) is 8.15. The largest absolute Gasteiger partial charge is 0.478 e. The van der Waals surface area contributed by atoms with Crippen LogP contribution in [0.5, 0.6) is 0 Å². The van der Waals surface area contributed by atoms with Gasteiger partial charge in [0.25, 0.3) is 5.91 Å². The minimum absolute atomic E-state index is 0.0566. The Kier molecular flexibility index (Phi) is 6.20. The molecule has 8 heteroatoms. The van der Waals surface area contributed by atoms with Crippen LogP contribution >= 0.6 is 0 Å². The molecule has 1 saturated carbocycles. The van der Waals surface area contributed by atoms with Gasteiger partial charge in [-0.1, -0.05) is 43.5 Å². The molecule has 2 aliphatic rings. The van der Waals surface area contributed by atoms with Gasteiger partial charge in [0, 0.05) is 24.2 Å². The van der Waals surface area contributed by atoms with Gasteiger partial charge >= 0.3 is 12.0 Å². The number of urea groups is 1. The number of likely N-dealkylation sites (N-methyl/N-ethyl adjacent to an activating group) is 1. The Balaban J connectivity index is 1.61. The number of fused-ring (bicyclic) bond motifs is 1. The summed E-state index contributed by atoms with van der Waals surface area (Å²) in [6.45, 7) is 0. The fourth-order valence-corrected chi connectivity index (χ4v) is 4.37. The molecule has 0 unspecified atom stereocenters. The number of aliphatic imine (C=N–C) groups is 1. The van der Waals surface area contributed by atoms with Crippen LogP contribution in [0.1, 0.15) is 48.0 Å². The number of benzene rings is 2. The molecule has 0 saturated heterocycles. The van der Waals surface area contributed by atoms with E-state index < -0.39 is 18.2 Å². The van der Waals surface area contributed by atoms with Gasteiger partial charge in [0.15, 0.2) is 0 Å². The van der Waals surface area contributed by atoms with E-state index in [0.29, 0.717) is 5.69 Å². The van der Waals surface area contributed by atoms with E-state index in [9.17, 15) is 14.4 Å². The highest BCUT2D eigenvalue weighted by molar-refractivity contribution is 6.14. The smallest absolute Gasteiger partial charge is 0.335 e. The maximum atomic E-state index is 13.2. The van der Waals surface area contributed by atoms with Crippen LogP contribution in [-0.2, 0) is 4.79 Å². The molecule has 1 aliphatic heterocycles. The van der Waals surface area contributed by atoms with Gasteiger partial charge in [-0.3, -0.25) is 9.79 Å². The predicted octanol–water partition coefficient (Wildman–Crippen LogP) is 3.88. The highest BCUT2D eigenvalue weighted by atomic mass is 16.4. The van der Waals surface area contributed by atoms with Crippen LogP contribution in [0, 0.1) is 5.92 Å². The Morgan fingerprint density at radius 3 is 2.56 bits per heavy atom. The molecule has 0 radical (unpaired) electrons. The number of benzodiazepines with no additional fused rings is 1. The number of rotatable bonds is 4. The van der Waals surface area contributed by atoms with Crippen LogP contribution in [0.15, 0.2) is 53.5 Å². The number of aromatic carboxylic acids is 1. The van der Waals surface area contributed by atoms with Crippen molar-refractivity contribution >= 4 is 35.0 Å². The molecular weight excluding hydrogens is 408 g/mol. The molecule has 2 aromatic rings. The molecule has 4 rings (SSSR count). The zero-order valence-electron chi connectivity index (χ0n) is 17.9. The van der Waals surface area contributed by atoms with E-state index in [2.05, 4.69) is 10.6 Å². The quantitative estimate of drug-likeness (QED) is 0.678. The van der Waals surface area contributed by atoms with Crippen LogP contribution in [0.3, 0.4) is 0 Å². The summed E-state index contributed by atoms with van der Waals surface area (Å²) in [7, 11) is 1.68. The van der Waals surface area contributed by atoms with Crippen LogP contribution in [0.2, 0.25) is 0 Å². The summed E-state index contributed by atoms with van der Waals surface area (Å²) in [6, 6.07) is 13.0. The topological polar surface area (TPSA) is 111 Å². The third-order valence-corrected chi connectivity index (χ3v) is 6.00. The second kappa shape index (κ2) is 9.21. The van der Waals surface area contributed by atoms with Crippen molar-refractivity contribution in [1.29, 1.82) is 0 Å². The van der Waals surface area contributed by atoms with Crippen molar-refractivity contribution in [3.63, 3.8) is 0 Å². The molecule has 1 aliphatic carbocycles. The Labute approximate surface area is 186 Å². The molecule has 2 aromatic carbocycles. The molecular formula is C24H26N4O4. The lowest BCUT2D eigenvalue weighted by atomic mass is 9.83. The first-order valence-electron chi connectivity index (χ1n) is 10.8. The predicted molar refractivity (Wildman–Crippen MR) is 122 cm³/mol. The number of carboxylic acid groups (broad SMARTS) is 1.